The van der Waals surface area contributed by atoms with Crippen LogP contribution in [0.1, 0.15) is 5.82 Å². The molecule has 2 aromatic heterocycles. The van der Waals surface area contributed by atoms with Crippen LogP contribution in [-0.2, 0) is 13.5 Å². The molecule has 6 nitrogen and oxygen atoms in total. The maximum Gasteiger partial charge on any atom is 0.201 e. The molecule has 0 aliphatic rings. The second-order valence-electron chi connectivity index (χ2n) is 4.49. The van der Waals surface area contributed by atoms with E-state index in [0.29, 0.717) is 0 Å². The van der Waals surface area contributed by atoms with Gasteiger partial charge in [0.2, 0.25) is 5.95 Å². The number of fused-ring (bicyclic) bond motifs is 1. The van der Waals surface area contributed by atoms with Gasteiger partial charge in [-0.15, -0.1) is 0 Å². The smallest absolute Gasteiger partial charge is 0.201 e. The zero-order valence-corrected chi connectivity index (χ0v) is 10.7. The predicted molar refractivity (Wildman–Crippen MR) is 75.9 cm³/mol. The number of nitrogens with zero attached hydrogens (tertiary/aromatic N) is 3. The second-order valence-corrected chi connectivity index (χ2v) is 4.49. The number of nitrogen functional groups attached to an aromatic ring is 1. The molecule has 0 fully saturated rings. The number of aromatic amines is 1. The standard InChI is InChI=1S/C13H16N6/c1-19-7-6-15-12(19)4-5-16-13-17-10-3-2-9(14)8-11(10)18-13/h2-3,6-8H,4-5,14H2,1H3,(H2,16,17,18). The van der Waals surface area contributed by atoms with E-state index in [-0.39, 0.29) is 0 Å². The molecule has 0 saturated heterocycles. The third kappa shape index (κ3) is 2.37. The molecule has 0 atom stereocenters. The van der Waals surface area contributed by atoms with Crippen LogP contribution < -0.4 is 11.1 Å². The number of H-pyrrole nitrogens is 1. The van der Waals surface area contributed by atoms with E-state index in [1.54, 1.807) is 6.20 Å². The first-order valence-electron chi connectivity index (χ1n) is 6.18. The van der Waals surface area contributed by atoms with Gasteiger partial charge in [0.25, 0.3) is 0 Å². The summed E-state index contributed by atoms with van der Waals surface area (Å²) < 4.78 is 2.01. The minimum atomic E-state index is 0.732. The fourth-order valence-electron chi connectivity index (χ4n) is 2.04. The third-order valence-electron chi connectivity index (χ3n) is 3.07. The van der Waals surface area contributed by atoms with E-state index in [1.165, 1.54) is 0 Å². The summed E-state index contributed by atoms with van der Waals surface area (Å²) in [6, 6.07) is 5.64. The molecule has 0 unspecified atom stereocenters. The van der Waals surface area contributed by atoms with E-state index in [2.05, 4.69) is 20.3 Å². The van der Waals surface area contributed by atoms with Gasteiger partial charge in [-0.05, 0) is 18.2 Å². The van der Waals surface area contributed by atoms with E-state index >= 15 is 0 Å². The molecule has 0 aliphatic heterocycles. The van der Waals surface area contributed by atoms with Gasteiger partial charge in [0.1, 0.15) is 5.82 Å². The average molecular weight is 256 g/mol. The van der Waals surface area contributed by atoms with Gasteiger partial charge in [-0.1, -0.05) is 0 Å². The number of rotatable bonds is 4. The van der Waals surface area contributed by atoms with Crippen molar-refractivity contribution in [3.05, 3.63) is 36.4 Å². The Morgan fingerprint density at radius 3 is 3.11 bits per heavy atom. The largest absolute Gasteiger partial charge is 0.399 e. The van der Waals surface area contributed by atoms with Crippen LogP contribution in [0.4, 0.5) is 11.6 Å². The van der Waals surface area contributed by atoms with Crippen molar-refractivity contribution in [1.82, 2.24) is 19.5 Å². The van der Waals surface area contributed by atoms with Gasteiger partial charge in [0, 0.05) is 38.1 Å². The molecule has 1 aromatic carbocycles. The van der Waals surface area contributed by atoms with Crippen molar-refractivity contribution in [1.29, 1.82) is 0 Å². The number of anilines is 2. The lowest BCUT2D eigenvalue weighted by Gasteiger charge is -2.02. The molecule has 0 amide bonds. The molecular weight excluding hydrogens is 240 g/mol. The van der Waals surface area contributed by atoms with E-state index < -0.39 is 0 Å². The van der Waals surface area contributed by atoms with E-state index in [9.17, 15) is 0 Å². The van der Waals surface area contributed by atoms with Crippen molar-refractivity contribution in [2.75, 3.05) is 17.6 Å². The van der Waals surface area contributed by atoms with Gasteiger partial charge in [-0.2, -0.15) is 0 Å². The average Bonchev–Trinajstić information content (AvgIpc) is 2.95. The first-order chi connectivity index (χ1) is 9.22. The molecule has 0 radical (unpaired) electrons. The number of aryl methyl sites for hydroxylation is 1. The Bertz CT molecular complexity index is 696. The van der Waals surface area contributed by atoms with Gasteiger partial charge in [0.05, 0.1) is 11.0 Å². The first-order valence-corrected chi connectivity index (χ1v) is 6.18. The van der Waals surface area contributed by atoms with Crippen molar-refractivity contribution in [3.8, 4) is 0 Å². The Kier molecular flexibility index (Phi) is 2.83. The zero-order valence-electron chi connectivity index (χ0n) is 10.7. The summed E-state index contributed by atoms with van der Waals surface area (Å²) >= 11 is 0. The van der Waals surface area contributed by atoms with Crippen molar-refractivity contribution in [2.45, 2.75) is 6.42 Å². The van der Waals surface area contributed by atoms with Crippen LogP contribution in [0.3, 0.4) is 0 Å². The Balaban J connectivity index is 1.67. The van der Waals surface area contributed by atoms with Crippen molar-refractivity contribution < 1.29 is 0 Å². The molecule has 4 N–H and O–H groups in total. The molecule has 0 spiro atoms. The van der Waals surface area contributed by atoms with Crippen LogP contribution in [0.25, 0.3) is 11.0 Å². The Morgan fingerprint density at radius 1 is 1.42 bits per heavy atom. The van der Waals surface area contributed by atoms with Crippen LogP contribution in [0.15, 0.2) is 30.6 Å². The summed E-state index contributed by atoms with van der Waals surface area (Å²) in [5.41, 5.74) is 8.32. The van der Waals surface area contributed by atoms with Crippen LogP contribution in [0, 0.1) is 0 Å². The lowest BCUT2D eigenvalue weighted by molar-refractivity contribution is 0.788. The molecule has 2 heterocycles. The number of imidazole rings is 2. The Morgan fingerprint density at radius 2 is 2.32 bits per heavy atom. The fourth-order valence-corrected chi connectivity index (χ4v) is 2.04. The third-order valence-corrected chi connectivity index (χ3v) is 3.07. The Hall–Kier alpha value is -2.50. The van der Waals surface area contributed by atoms with E-state index in [0.717, 1.165) is 41.5 Å². The lowest BCUT2D eigenvalue weighted by Crippen LogP contribution is -2.09. The summed E-state index contributed by atoms with van der Waals surface area (Å²) in [4.78, 5) is 11.9. The van der Waals surface area contributed by atoms with Gasteiger partial charge in [-0.3, -0.25) is 0 Å². The lowest BCUT2D eigenvalue weighted by atomic mass is 10.3. The summed E-state index contributed by atoms with van der Waals surface area (Å²) in [6.45, 7) is 0.778. The van der Waals surface area contributed by atoms with Gasteiger partial charge >= 0.3 is 0 Å². The van der Waals surface area contributed by atoms with Crippen molar-refractivity contribution in [2.24, 2.45) is 7.05 Å². The molecule has 0 bridgehead atoms. The van der Waals surface area contributed by atoms with Crippen LogP contribution in [0.2, 0.25) is 0 Å². The van der Waals surface area contributed by atoms with Crippen LogP contribution in [0.5, 0.6) is 0 Å². The van der Waals surface area contributed by atoms with Crippen LogP contribution in [-0.4, -0.2) is 26.1 Å². The quantitative estimate of drug-likeness (QED) is 0.618. The minimum Gasteiger partial charge on any atom is -0.399 e. The summed E-state index contributed by atoms with van der Waals surface area (Å²) in [6.07, 6.45) is 4.60. The van der Waals surface area contributed by atoms with E-state index in [4.69, 9.17) is 5.73 Å². The maximum atomic E-state index is 5.73. The monoisotopic (exact) mass is 256 g/mol. The normalized spacial score (nSPS) is 11.0. The number of hydrogen-bond acceptors (Lipinski definition) is 4. The molecule has 0 aliphatic carbocycles. The number of hydrogen-bond donors (Lipinski definition) is 3. The highest BCUT2D eigenvalue weighted by atomic mass is 15.1. The van der Waals surface area contributed by atoms with E-state index in [1.807, 2.05) is 36.0 Å². The number of nitrogens with one attached hydrogen (secondary N) is 2. The van der Waals surface area contributed by atoms with Gasteiger partial charge in [0.15, 0.2) is 0 Å². The molecule has 19 heavy (non-hydrogen) atoms. The summed E-state index contributed by atoms with van der Waals surface area (Å²) in [5, 5.41) is 3.26. The zero-order chi connectivity index (χ0) is 13.2. The predicted octanol–water partition coefficient (Wildman–Crippen LogP) is 1.53. The number of aromatic nitrogens is 4. The highest BCUT2D eigenvalue weighted by Crippen LogP contribution is 2.16. The number of nitrogens with two attached hydrogens (primary N) is 1. The molecule has 98 valence electrons. The fraction of sp³-hybridized carbons (Fsp3) is 0.231. The number of benzene rings is 1. The molecular formula is C13H16N6. The summed E-state index contributed by atoms with van der Waals surface area (Å²) in [7, 11) is 1.99. The van der Waals surface area contributed by atoms with Gasteiger partial charge < -0.3 is 20.6 Å². The Labute approximate surface area is 110 Å². The highest BCUT2D eigenvalue weighted by molar-refractivity contribution is 5.80. The van der Waals surface area contributed by atoms with Crippen LogP contribution >= 0.6 is 0 Å². The topological polar surface area (TPSA) is 84.6 Å². The summed E-state index contributed by atoms with van der Waals surface area (Å²) in [5.74, 6) is 1.81. The molecule has 3 aromatic rings. The molecule has 6 heteroatoms. The first kappa shape index (κ1) is 11.6. The molecule has 0 saturated carbocycles. The van der Waals surface area contributed by atoms with Crippen molar-refractivity contribution >= 4 is 22.7 Å². The maximum absolute atomic E-state index is 5.73. The van der Waals surface area contributed by atoms with Crippen molar-refractivity contribution in [3.63, 3.8) is 0 Å². The highest BCUT2D eigenvalue weighted by Gasteiger charge is 2.03. The van der Waals surface area contributed by atoms with Gasteiger partial charge in [-0.25, -0.2) is 9.97 Å². The SMILES string of the molecule is Cn1ccnc1CCNc1nc2ccc(N)cc2[nH]1. The second kappa shape index (κ2) is 4.64. The minimum absolute atomic E-state index is 0.732. The molecule has 3 rings (SSSR count).